The van der Waals surface area contributed by atoms with Crippen LogP contribution < -0.4 is 5.63 Å². The smallest absolute Gasteiger partial charge is 0.366 e. The lowest BCUT2D eigenvalue weighted by atomic mass is 10.1. The van der Waals surface area contributed by atoms with Gasteiger partial charge in [-0.25, -0.2) is 14.7 Å². The van der Waals surface area contributed by atoms with Crippen molar-refractivity contribution in [3.63, 3.8) is 0 Å². The molecule has 0 aliphatic rings. The van der Waals surface area contributed by atoms with Crippen molar-refractivity contribution in [3.05, 3.63) is 40.4 Å². The van der Waals surface area contributed by atoms with E-state index in [4.69, 9.17) is 9.26 Å². The average molecular weight is 258 g/mol. The molecule has 0 atom stereocenters. The molecule has 0 fully saturated rings. The lowest BCUT2D eigenvalue weighted by Crippen LogP contribution is -2.04. The van der Waals surface area contributed by atoms with Crippen LogP contribution in [-0.2, 0) is 4.74 Å². The minimum atomic E-state index is -0.459. The van der Waals surface area contributed by atoms with Crippen LogP contribution in [0.4, 0.5) is 0 Å². The first-order chi connectivity index (χ1) is 9.20. The Labute approximate surface area is 107 Å². The number of carbonyl (C=O) groups is 1. The Hall–Kier alpha value is -2.63. The second kappa shape index (κ2) is 4.24. The average Bonchev–Trinajstić information content (AvgIpc) is 2.80. The Morgan fingerprint density at radius 2 is 2.26 bits per heavy atom. The number of pyridine rings is 1. The summed E-state index contributed by atoms with van der Waals surface area (Å²) in [5, 5.41) is 3.67. The zero-order valence-corrected chi connectivity index (χ0v) is 10.1. The summed E-state index contributed by atoms with van der Waals surface area (Å²) in [4.78, 5) is 27.2. The van der Waals surface area contributed by atoms with E-state index in [0.717, 1.165) is 5.39 Å². The summed E-state index contributed by atoms with van der Waals surface area (Å²) in [5.41, 5.74) is 1.13. The molecule has 0 aliphatic heterocycles. The third kappa shape index (κ3) is 1.77. The van der Waals surface area contributed by atoms with Crippen molar-refractivity contribution in [1.82, 2.24) is 10.1 Å². The van der Waals surface area contributed by atoms with Crippen LogP contribution in [0.15, 0.2) is 33.7 Å². The largest absolute Gasteiger partial charge is 0.462 e. The number of hydrogen-bond donors (Lipinski definition) is 1. The van der Waals surface area contributed by atoms with Crippen molar-refractivity contribution in [2.45, 2.75) is 6.92 Å². The number of fused-ring (bicyclic) bond motifs is 3. The van der Waals surface area contributed by atoms with Gasteiger partial charge in [-0.1, -0.05) is 0 Å². The number of H-pyrrole nitrogens is 1. The molecule has 3 aromatic rings. The van der Waals surface area contributed by atoms with Gasteiger partial charge in [0.15, 0.2) is 0 Å². The van der Waals surface area contributed by atoms with Crippen LogP contribution in [0.3, 0.4) is 0 Å². The zero-order valence-electron chi connectivity index (χ0n) is 10.1. The van der Waals surface area contributed by atoms with Gasteiger partial charge in [-0.05, 0) is 25.1 Å². The molecule has 2 heterocycles. The molecule has 0 bridgehead atoms. The molecular weight excluding hydrogens is 248 g/mol. The van der Waals surface area contributed by atoms with Crippen LogP contribution in [0.25, 0.3) is 21.8 Å². The molecule has 0 amide bonds. The summed E-state index contributed by atoms with van der Waals surface area (Å²) < 4.78 is 9.65. The third-order valence-corrected chi connectivity index (χ3v) is 2.85. The number of carbonyl (C=O) groups excluding carboxylic acids is 1. The van der Waals surface area contributed by atoms with E-state index < -0.39 is 11.6 Å². The maximum absolute atomic E-state index is 11.6. The molecule has 6 heteroatoms. The molecule has 0 saturated carbocycles. The van der Waals surface area contributed by atoms with E-state index >= 15 is 0 Å². The van der Waals surface area contributed by atoms with Crippen molar-refractivity contribution in [2.75, 3.05) is 6.61 Å². The van der Waals surface area contributed by atoms with Crippen molar-refractivity contribution < 1.29 is 14.1 Å². The van der Waals surface area contributed by atoms with E-state index in [1.165, 1.54) is 6.20 Å². The van der Waals surface area contributed by atoms with Crippen LogP contribution in [-0.4, -0.2) is 22.7 Å². The van der Waals surface area contributed by atoms with Gasteiger partial charge < -0.3 is 9.26 Å². The van der Waals surface area contributed by atoms with Crippen LogP contribution in [0.1, 0.15) is 17.3 Å². The Morgan fingerprint density at radius 3 is 3.05 bits per heavy atom. The monoisotopic (exact) mass is 258 g/mol. The molecule has 19 heavy (non-hydrogen) atoms. The van der Waals surface area contributed by atoms with Gasteiger partial charge in [0.05, 0.1) is 23.2 Å². The van der Waals surface area contributed by atoms with E-state index in [1.54, 1.807) is 25.1 Å². The summed E-state index contributed by atoms with van der Waals surface area (Å²) in [6.07, 6.45) is 1.43. The normalized spacial score (nSPS) is 11.0. The number of hydrogen-bond acceptors (Lipinski definition) is 5. The number of ether oxygens (including phenoxy) is 1. The molecule has 3 rings (SSSR count). The molecular formula is C13H10N2O4. The molecule has 1 aromatic carbocycles. The summed E-state index contributed by atoms with van der Waals surface area (Å²) in [5.74, 6) is -0.396. The van der Waals surface area contributed by atoms with Crippen LogP contribution in [0.2, 0.25) is 0 Å². The predicted octanol–water partition coefficient (Wildman–Crippen LogP) is 1.85. The van der Waals surface area contributed by atoms with Gasteiger partial charge in [0.2, 0.25) is 0 Å². The fraction of sp³-hybridized carbons (Fsp3) is 0.154. The van der Waals surface area contributed by atoms with Crippen LogP contribution in [0.5, 0.6) is 0 Å². The SMILES string of the molecule is CCOC(=O)c1ccc2c(c1)ncc1c(=O)o[nH]c12. The molecule has 0 saturated heterocycles. The van der Waals surface area contributed by atoms with Crippen LogP contribution >= 0.6 is 0 Å². The fourth-order valence-corrected chi connectivity index (χ4v) is 1.95. The highest BCUT2D eigenvalue weighted by molar-refractivity contribution is 6.04. The van der Waals surface area contributed by atoms with Gasteiger partial charge in [-0.15, -0.1) is 0 Å². The number of aromatic amines is 1. The van der Waals surface area contributed by atoms with Crippen molar-refractivity contribution in [2.24, 2.45) is 0 Å². The lowest BCUT2D eigenvalue weighted by molar-refractivity contribution is 0.0526. The highest BCUT2D eigenvalue weighted by Gasteiger charge is 2.11. The third-order valence-electron chi connectivity index (χ3n) is 2.85. The highest BCUT2D eigenvalue weighted by atomic mass is 16.5. The zero-order chi connectivity index (χ0) is 13.4. The Kier molecular flexibility index (Phi) is 2.56. The second-order valence-electron chi connectivity index (χ2n) is 3.99. The van der Waals surface area contributed by atoms with Crippen LogP contribution in [0, 0.1) is 0 Å². The topological polar surface area (TPSA) is 85.2 Å². The van der Waals surface area contributed by atoms with Gasteiger partial charge in [0.1, 0.15) is 5.39 Å². The first kappa shape index (κ1) is 11.5. The summed E-state index contributed by atoms with van der Waals surface area (Å²) in [6, 6.07) is 4.97. The number of esters is 1. The van der Waals surface area contributed by atoms with Gasteiger partial charge in [-0.2, -0.15) is 0 Å². The first-order valence-corrected chi connectivity index (χ1v) is 5.77. The number of benzene rings is 1. The first-order valence-electron chi connectivity index (χ1n) is 5.77. The molecule has 96 valence electrons. The van der Waals surface area contributed by atoms with Gasteiger partial charge in [0.25, 0.3) is 0 Å². The number of nitrogens with one attached hydrogen (secondary N) is 1. The van der Waals surface area contributed by atoms with E-state index in [9.17, 15) is 9.59 Å². The Bertz CT molecular complexity index is 831. The van der Waals surface area contributed by atoms with Crippen molar-refractivity contribution in [1.29, 1.82) is 0 Å². The standard InChI is InChI=1S/C13H10N2O4/c1-2-18-12(16)7-3-4-8-10(5-7)14-6-9-11(8)15-19-13(9)17/h3-6,15H,2H2,1H3. The Balaban J connectivity index is 2.22. The van der Waals surface area contributed by atoms with E-state index in [1.807, 2.05) is 0 Å². The lowest BCUT2D eigenvalue weighted by Gasteiger charge is -2.03. The minimum absolute atomic E-state index is 0.318. The molecule has 2 aromatic heterocycles. The van der Waals surface area contributed by atoms with E-state index in [2.05, 4.69) is 10.1 Å². The highest BCUT2D eigenvalue weighted by Crippen LogP contribution is 2.21. The summed E-state index contributed by atoms with van der Waals surface area (Å²) in [7, 11) is 0. The predicted molar refractivity (Wildman–Crippen MR) is 68.1 cm³/mol. The van der Waals surface area contributed by atoms with E-state index in [-0.39, 0.29) is 0 Å². The molecule has 0 spiro atoms. The number of aromatic nitrogens is 2. The van der Waals surface area contributed by atoms with Gasteiger partial charge in [0, 0.05) is 11.6 Å². The molecule has 1 N–H and O–H groups in total. The minimum Gasteiger partial charge on any atom is -0.462 e. The van der Waals surface area contributed by atoms with E-state index in [0.29, 0.717) is 28.6 Å². The Morgan fingerprint density at radius 1 is 1.42 bits per heavy atom. The molecule has 6 nitrogen and oxygen atoms in total. The fourth-order valence-electron chi connectivity index (χ4n) is 1.95. The number of nitrogens with zero attached hydrogens (tertiary/aromatic N) is 1. The maximum atomic E-state index is 11.6. The molecule has 0 radical (unpaired) electrons. The molecule has 0 aliphatic carbocycles. The summed E-state index contributed by atoms with van der Waals surface area (Å²) in [6.45, 7) is 2.06. The quantitative estimate of drug-likeness (QED) is 0.709. The van der Waals surface area contributed by atoms with Gasteiger partial charge >= 0.3 is 11.6 Å². The second-order valence-corrected chi connectivity index (χ2v) is 3.99. The summed E-state index contributed by atoms with van der Waals surface area (Å²) >= 11 is 0. The van der Waals surface area contributed by atoms with Crippen molar-refractivity contribution in [3.8, 4) is 0 Å². The van der Waals surface area contributed by atoms with Gasteiger partial charge in [-0.3, -0.25) is 4.98 Å². The maximum Gasteiger partial charge on any atom is 0.366 e. The van der Waals surface area contributed by atoms with Crippen molar-refractivity contribution >= 4 is 27.8 Å². The molecule has 0 unspecified atom stereocenters. The number of rotatable bonds is 2.